The number of oxazole rings is 1. The highest BCUT2D eigenvalue weighted by molar-refractivity contribution is 5.57. The molecule has 1 heterocycles. The Morgan fingerprint density at radius 2 is 1.89 bits per heavy atom. The Balaban J connectivity index is 2.18. The molecule has 19 heavy (non-hydrogen) atoms. The van der Waals surface area contributed by atoms with Crippen LogP contribution in [-0.2, 0) is 6.54 Å². The summed E-state index contributed by atoms with van der Waals surface area (Å²) in [7, 11) is 1.97. The molecule has 0 atom stereocenters. The van der Waals surface area contributed by atoms with Crippen molar-refractivity contribution in [3.8, 4) is 0 Å². The van der Waals surface area contributed by atoms with Crippen molar-refractivity contribution in [2.24, 2.45) is 0 Å². The van der Waals surface area contributed by atoms with Crippen LogP contribution in [0, 0.1) is 13.8 Å². The van der Waals surface area contributed by atoms with E-state index in [9.17, 15) is 0 Å². The molecule has 2 aromatic rings. The molecule has 0 saturated carbocycles. The fourth-order valence-corrected chi connectivity index (χ4v) is 2.04. The Bertz CT molecular complexity index is 528. The molecule has 0 spiro atoms. The molecule has 102 valence electrons. The summed E-state index contributed by atoms with van der Waals surface area (Å²) in [5.74, 6) is 0. The van der Waals surface area contributed by atoms with E-state index in [-0.39, 0.29) is 0 Å². The van der Waals surface area contributed by atoms with Gasteiger partial charge in [0.1, 0.15) is 6.26 Å². The highest BCUT2D eigenvalue weighted by atomic mass is 16.4. The fraction of sp³-hybridized carbons (Fsp3) is 0.400. The van der Waals surface area contributed by atoms with Crippen LogP contribution in [0.3, 0.4) is 0 Å². The molecule has 0 aliphatic rings. The second-order valence-electron chi connectivity index (χ2n) is 4.81. The fourth-order valence-electron chi connectivity index (χ4n) is 2.04. The zero-order valence-electron chi connectivity index (χ0n) is 12.0. The molecule has 1 aromatic heterocycles. The standard InChI is InChI=1S/C15H21N3O/c1-5-16-9-13-10-19-15(17-13)18(4)14-7-11(2)6-12(3)8-14/h6-8,10,16H,5,9H2,1-4H3. The Kier molecular flexibility index (Phi) is 4.22. The number of nitrogens with zero attached hydrogens (tertiary/aromatic N) is 2. The second kappa shape index (κ2) is 5.89. The first kappa shape index (κ1) is 13.6. The average molecular weight is 259 g/mol. The minimum absolute atomic E-state index is 0.623. The first-order valence-corrected chi connectivity index (χ1v) is 6.57. The van der Waals surface area contributed by atoms with Gasteiger partial charge in [0.15, 0.2) is 0 Å². The molecule has 0 unspecified atom stereocenters. The van der Waals surface area contributed by atoms with Gasteiger partial charge < -0.3 is 9.73 Å². The number of anilines is 2. The number of hydrogen-bond donors (Lipinski definition) is 1. The van der Waals surface area contributed by atoms with Crippen LogP contribution in [0.1, 0.15) is 23.7 Å². The molecular weight excluding hydrogens is 238 g/mol. The lowest BCUT2D eigenvalue weighted by Gasteiger charge is -2.15. The largest absolute Gasteiger partial charge is 0.431 e. The summed E-state index contributed by atoms with van der Waals surface area (Å²) in [6.45, 7) is 7.92. The van der Waals surface area contributed by atoms with Crippen LogP contribution in [0.15, 0.2) is 28.9 Å². The summed E-state index contributed by atoms with van der Waals surface area (Å²) in [4.78, 5) is 6.45. The third kappa shape index (κ3) is 3.35. The molecule has 0 fully saturated rings. The lowest BCUT2D eigenvalue weighted by atomic mass is 10.1. The molecule has 0 saturated heterocycles. The van der Waals surface area contributed by atoms with Gasteiger partial charge in [0.2, 0.25) is 0 Å². The zero-order valence-corrected chi connectivity index (χ0v) is 12.0. The second-order valence-corrected chi connectivity index (χ2v) is 4.81. The number of nitrogens with one attached hydrogen (secondary N) is 1. The lowest BCUT2D eigenvalue weighted by molar-refractivity contribution is 0.558. The van der Waals surface area contributed by atoms with Gasteiger partial charge in [-0.05, 0) is 43.7 Å². The highest BCUT2D eigenvalue weighted by Crippen LogP contribution is 2.24. The number of benzene rings is 1. The molecule has 0 bridgehead atoms. The van der Waals surface area contributed by atoms with E-state index in [0.29, 0.717) is 6.01 Å². The summed E-state index contributed by atoms with van der Waals surface area (Å²) < 4.78 is 5.53. The zero-order chi connectivity index (χ0) is 13.8. The maximum absolute atomic E-state index is 5.53. The van der Waals surface area contributed by atoms with Crippen LogP contribution in [0.25, 0.3) is 0 Å². The van der Waals surface area contributed by atoms with Crippen LogP contribution in [0.2, 0.25) is 0 Å². The summed E-state index contributed by atoms with van der Waals surface area (Å²) >= 11 is 0. The van der Waals surface area contributed by atoms with Crippen LogP contribution in [0.5, 0.6) is 0 Å². The van der Waals surface area contributed by atoms with Gasteiger partial charge in [-0.25, -0.2) is 0 Å². The third-order valence-corrected chi connectivity index (χ3v) is 2.98. The first-order valence-electron chi connectivity index (χ1n) is 6.57. The molecule has 0 amide bonds. The van der Waals surface area contributed by atoms with Crippen LogP contribution in [0.4, 0.5) is 11.7 Å². The SMILES string of the molecule is CCNCc1coc(N(C)c2cc(C)cc(C)c2)n1. The summed E-state index contributed by atoms with van der Waals surface area (Å²) in [6, 6.07) is 7.03. The van der Waals surface area contributed by atoms with E-state index in [4.69, 9.17) is 4.42 Å². The van der Waals surface area contributed by atoms with Gasteiger partial charge in [-0.1, -0.05) is 13.0 Å². The minimum atomic E-state index is 0.623. The van der Waals surface area contributed by atoms with Gasteiger partial charge in [0.25, 0.3) is 0 Å². The minimum Gasteiger partial charge on any atom is -0.431 e. The van der Waals surface area contributed by atoms with E-state index < -0.39 is 0 Å². The number of hydrogen-bond acceptors (Lipinski definition) is 4. The van der Waals surface area contributed by atoms with E-state index in [0.717, 1.165) is 24.5 Å². The van der Waals surface area contributed by atoms with E-state index in [1.807, 2.05) is 11.9 Å². The predicted molar refractivity (Wildman–Crippen MR) is 77.9 cm³/mol. The first-order chi connectivity index (χ1) is 9.10. The Hall–Kier alpha value is -1.81. The van der Waals surface area contributed by atoms with Gasteiger partial charge in [0, 0.05) is 19.3 Å². The average Bonchev–Trinajstić information content (AvgIpc) is 2.83. The van der Waals surface area contributed by atoms with Gasteiger partial charge in [0.05, 0.1) is 5.69 Å². The monoisotopic (exact) mass is 259 g/mol. The normalized spacial score (nSPS) is 10.7. The van der Waals surface area contributed by atoms with E-state index in [1.54, 1.807) is 6.26 Å². The quantitative estimate of drug-likeness (QED) is 0.895. The smallest absolute Gasteiger partial charge is 0.301 e. The third-order valence-electron chi connectivity index (χ3n) is 2.98. The van der Waals surface area contributed by atoms with E-state index in [2.05, 4.69) is 49.3 Å². The van der Waals surface area contributed by atoms with Gasteiger partial charge in [-0.2, -0.15) is 4.98 Å². The molecular formula is C15H21N3O. The number of rotatable bonds is 5. The lowest BCUT2D eigenvalue weighted by Crippen LogP contribution is -2.13. The van der Waals surface area contributed by atoms with E-state index in [1.165, 1.54) is 11.1 Å². The van der Waals surface area contributed by atoms with Crippen LogP contribution >= 0.6 is 0 Å². The summed E-state index contributed by atoms with van der Waals surface area (Å²) in [5.41, 5.74) is 4.49. The Morgan fingerprint density at radius 1 is 1.21 bits per heavy atom. The highest BCUT2D eigenvalue weighted by Gasteiger charge is 2.11. The number of aromatic nitrogens is 1. The topological polar surface area (TPSA) is 41.3 Å². The Morgan fingerprint density at radius 3 is 2.53 bits per heavy atom. The van der Waals surface area contributed by atoms with Crippen molar-refractivity contribution >= 4 is 11.7 Å². The van der Waals surface area contributed by atoms with Crippen molar-refractivity contribution in [3.05, 3.63) is 41.3 Å². The van der Waals surface area contributed by atoms with Gasteiger partial charge in [-0.3, -0.25) is 4.90 Å². The Labute approximate surface area is 114 Å². The maximum Gasteiger partial charge on any atom is 0.301 e. The molecule has 2 rings (SSSR count). The van der Waals surface area contributed by atoms with Crippen molar-refractivity contribution in [1.82, 2.24) is 10.3 Å². The summed E-state index contributed by atoms with van der Waals surface area (Å²) in [5, 5.41) is 3.23. The van der Waals surface area contributed by atoms with Crippen molar-refractivity contribution in [2.45, 2.75) is 27.3 Å². The molecule has 4 nitrogen and oxygen atoms in total. The maximum atomic E-state index is 5.53. The predicted octanol–water partition coefficient (Wildman–Crippen LogP) is 3.17. The van der Waals surface area contributed by atoms with Crippen molar-refractivity contribution in [2.75, 3.05) is 18.5 Å². The van der Waals surface area contributed by atoms with Gasteiger partial charge >= 0.3 is 6.01 Å². The molecule has 1 aromatic carbocycles. The molecule has 0 radical (unpaired) electrons. The van der Waals surface area contributed by atoms with Crippen molar-refractivity contribution in [1.29, 1.82) is 0 Å². The van der Waals surface area contributed by atoms with E-state index >= 15 is 0 Å². The summed E-state index contributed by atoms with van der Waals surface area (Å²) in [6.07, 6.45) is 1.71. The number of aryl methyl sites for hydroxylation is 2. The molecule has 0 aliphatic heterocycles. The van der Waals surface area contributed by atoms with Crippen molar-refractivity contribution < 1.29 is 4.42 Å². The van der Waals surface area contributed by atoms with Crippen LogP contribution in [-0.4, -0.2) is 18.6 Å². The molecule has 4 heteroatoms. The van der Waals surface area contributed by atoms with Crippen LogP contribution < -0.4 is 10.2 Å². The molecule has 1 N–H and O–H groups in total. The van der Waals surface area contributed by atoms with Crippen molar-refractivity contribution in [3.63, 3.8) is 0 Å². The molecule has 0 aliphatic carbocycles. The van der Waals surface area contributed by atoms with Gasteiger partial charge in [-0.15, -0.1) is 0 Å².